The molecular formula is C25H24N4O4. The standard InChI is InChI=1S/C25H24N4O4/c1-15-3-2-4-19(22(15)30)23(31)16-5-7-17(8-6-16)24(32)28-20-13-27-14-21(20)29-25(33)18-9-11-26-12-10-18/h2-12,20-21,27,30H,13-14H2,1H3,(H,28,32)(H,29,33)/t20-,21-/m1/s1. The number of aromatic nitrogens is 1. The maximum atomic E-state index is 12.8. The molecule has 1 saturated heterocycles. The summed E-state index contributed by atoms with van der Waals surface area (Å²) in [4.78, 5) is 41.8. The maximum Gasteiger partial charge on any atom is 0.251 e. The van der Waals surface area contributed by atoms with Crippen molar-refractivity contribution in [2.75, 3.05) is 13.1 Å². The highest BCUT2D eigenvalue weighted by atomic mass is 16.3. The second-order valence-electron chi connectivity index (χ2n) is 7.93. The summed E-state index contributed by atoms with van der Waals surface area (Å²) in [5.41, 5.74) is 2.11. The molecule has 33 heavy (non-hydrogen) atoms. The van der Waals surface area contributed by atoms with Crippen molar-refractivity contribution in [1.82, 2.24) is 20.9 Å². The van der Waals surface area contributed by atoms with Crippen molar-refractivity contribution in [3.8, 4) is 5.75 Å². The third-order valence-corrected chi connectivity index (χ3v) is 5.68. The number of ketones is 1. The van der Waals surface area contributed by atoms with Gasteiger partial charge in [-0.2, -0.15) is 0 Å². The van der Waals surface area contributed by atoms with Crippen LogP contribution in [-0.4, -0.2) is 52.9 Å². The van der Waals surface area contributed by atoms with E-state index in [0.717, 1.165) is 0 Å². The Morgan fingerprint density at radius 1 is 0.848 bits per heavy atom. The number of aryl methyl sites for hydroxylation is 1. The number of carbonyl (C=O) groups is 3. The topological polar surface area (TPSA) is 120 Å². The van der Waals surface area contributed by atoms with E-state index in [9.17, 15) is 19.5 Å². The zero-order valence-corrected chi connectivity index (χ0v) is 18.0. The summed E-state index contributed by atoms with van der Waals surface area (Å²) in [6.07, 6.45) is 3.10. The lowest BCUT2D eigenvalue weighted by atomic mass is 9.99. The number of hydrogen-bond acceptors (Lipinski definition) is 6. The Labute approximate surface area is 191 Å². The number of amides is 2. The van der Waals surface area contributed by atoms with Crippen LogP contribution in [0.15, 0.2) is 67.0 Å². The minimum Gasteiger partial charge on any atom is -0.507 e. The summed E-state index contributed by atoms with van der Waals surface area (Å²) in [5.74, 6) is -0.892. The van der Waals surface area contributed by atoms with Gasteiger partial charge in [-0.05, 0) is 42.8 Å². The third kappa shape index (κ3) is 4.91. The Hall–Kier alpha value is -4.04. The van der Waals surface area contributed by atoms with Gasteiger partial charge in [0.25, 0.3) is 11.8 Å². The zero-order chi connectivity index (χ0) is 23.4. The maximum absolute atomic E-state index is 12.8. The number of para-hydroxylation sites is 1. The van der Waals surface area contributed by atoms with E-state index in [1.807, 2.05) is 0 Å². The van der Waals surface area contributed by atoms with E-state index >= 15 is 0 Å². The van der Waals surface area contributed by atoms with E-state index < -0.39 is 0 Å². The Morgan fingerprint density at radius 3 is 2.00 bits per heavy atom. The minimum absolute atomic E-state index is 0.0436. The quantitative estimate of drug-likeness (QED) is 0.431. The monoisotopic (exact) mass is 444 g/mol. The fraction of sp³-hybridized carbons (Fsp3) is 0.200. The number of hydrogen-bond donors (Lipinski definition) is 4. The molecule has 168 valence electrons. The molecule has 1 fully saturated rings. The molecule has 4 rings (SSSR count). The molecule has 8 heteroatoms. The summed E-state index contributed by atoms with van der Waals surface area (Å²) >= 11 is 0. The molecule has 1 aromatic heterocycles. The molecule has 3 aromatic rings. The second kappa shape index (κ2) is 9.62. The molecule has 2 amide bonds. The second-order valence-corrected chi connectivity index (χ2v) is 7.93. The largest absolute Gasteiger partial charge is 0.507 e. The molecule has 2 atom stereocenters. The fourth-order valence-electron chi connectivity index (χ4n) is 3.76. The van der Waals surface area contributed by atoms with Gasteiger partial charge in [0, 0.05) is 42.2 Å². The van der Waals surface area contributed by atoms with Gasteiger partial charge in [-0.1, -0.05) is 24.3 Å². The van der Waals surface area contributed by atoms with Crippen molar-refractivity contribution in [3.63, 3.8) is 0 Å². The lowest BCUT2D eigenvalue weighted by Crippen LogP contribution is -2.51. The Bertz CT molecular complexity index is 1180. The van der Waals surface area contributed by atoms with Gasteiger partial charge in [0.1, 0.15) is 5.75 Å². The van der Waals surface area contributed by atoms with Gasteiger partial charge >= 0.3 is 0 Å². The molecule has 0 saturated carbocycles. The molecule has 2 heterocycles. The van der Waals surface area contributed by atoms with E-state index in [-0.39, 0.29) is 41.0 Å². The normalized spacial score (nSPS) is 17.4. The molecular weight excluding hydrogens is 420 g/mol. The first-order valence-electron chi connectivity index (χ1n) is 10.6. The van der Waals surface area contributed by atoms with Crippen molar-refractivity contribution >= 4 is 17.6 Å². The molecule has 2 aromatic carbocycles. The van der Waals surface area contributed by atoms with Crippen LogP contribution in [0.4, 0.5) is 0 Å². The highest BCUT2D eigenvalue weighted by Gasteiger charge is 2.30. The number of carbonyl (C=O) groups excluding carboxylic acids is 3. The number of phenols is 1. The first kappa shape index (κ1) is 22.2. The van der Waals surface area contributed by atoms with Crippen LogP contribution in [0.3, 0.4) is 0 Å². The predicted octanol–water partition coefficient (Wildman–Crippen LogP) is 1.83. The van der Waals surface area contributed by atoms with Crippen LogP contribution in [0.1, 0.15) is 42.2 Å². The van der Waals surface area contributed by atoms with Crippen LogP contribution in [0, 0.1) is 6.92 Å². The number of aromatic hydroxyl groups is 1. The number of phenolic OH excluding ortho intramolecular Hbond substituents is 1. The van der Waals surface area contributed by atoms with E-state index in [1.165, 1.54) is 0 Å². The van der Waals surface area contributed by atoms with Gasteiger partial charge in [-0.25, -0.2) is 0 Å². The average molecular weight is 444 g/mol. The zero-order valence-electron chi connectivity index (χ0n) is 18.0. The van der Waals surface area contributed by atoms with Crippen molar-refractivity contribution in [2.45, 2.75) is 19.0 Å². The predicted molar refractivity (Wildman–Crippen MR) is 122 cm³/mol. The summed E-state index contributed by atoms with van der Waals surface area (Å²) < 4.78 is 0. The molecule has 4 N–H and O–H groups in total. The Kier molecular flexibility index (Phi) is 6.46. The SMILES string of the molecule is Cc1cccc(C(=O)c2ccc(C(=O)N[C@@H]3CNC[C@H]3NC(=O)c3ccncc3)cc2)c1O. The van der Waals surface area contributed by atoms with Gasteiger partial charge in [-0.15, -0.1) is 0 Å². The van der Waals surface area contributed by atoms with Crippen LogP contribution < -0.4 is 16.0 Å². The molecule has 0 spiro atoms. The lowest BCUT2D eigenvalue weighted by Gasteiger charge is -2.21. The molecule has 1 aliphatic rings. The Balaban J connectivity index is 1.40. The van der Waals surface area contributed by atoms with E-state index in [2.05, 4.69) is 20.9 Å². The van der Waals surface area contributed by atoms with Gasteiger partial charge in [0.15, 0.2) is 5.78 Å². The molecule has 0 radical (unpaired) electrons. The van der Waals surface area contributed by atoms with Crippen molar-refractivity contribution in [3.05, 3.63) is 94.8 Å². The molecule has 8 nitrogen and oxygen atoms in total. The number of pyridine rings is 1. The average Bonchev–Trinajstić information content (AvgIpc) is 3.27. The third-order valence-electron chi connectivity index (χ3n) is 5.68. The van der Waals surface area contributed by atoms with Crippen LogP contribution in [-0.2, 0) is 0 Å². The first-order valence-corrected chi connectivity index (χ1v) is 10.6. The summed E-state index contributed by atoms with van der Waals surface area (Å²) in [7, 11) is 0. The van der Waals surface area contributed by atoms with Crippen molar-refractivity contribution in [1.29, 1.82) is 0 Å². The summed E-state index contributed by atoms with van der Waals surface area (Å²) in [6, 6.07) is 14.0. The van der Waals surface area contributed by atoms with Gasteiger partial charge in [-0.3, -0.25) is 19.4 Å². The van der Waals surface area contributed by atoms with E-state index in [4.69, 9.17) is 0 Å². The van der Waals surface area contributed by atoms with Crippen molar-refractivity contribution in [2.24, 2.45) is 0 Å². The first-order chi connectivity index (χ1) is 15.9. The van der Waals surface area contributed by atoms with Crippen LogP contribution in [0.5, 0.6) is 5.75 Å². The summed E-state index contributed by atoms with van der Waals surface area (Å²) in [5, 5.41) is 19.2. The van der Waals surface area contributed by atoms with Gasteiger partial charge in [0.2, 0.25) is 0 Å². The summed E-state index contributed by atoms with van der Waals surface area (Å²) in [6.45, 7) is 2.79. The number of rotatable bonds is 6. The molecule has 0 unspecified atom stereocenters. The number of benzene rings is 2. The Morgan fingerprint density at radius 2 is 1.39 bits per heavy atom. The van der Waals surface area contributed by atoms with Crippen LogP contribution >= 0.6 is 0 Å². The highest BCUT2D eigenvalue weighted by molar-refractivity contribution is 6.11. The molecule has 1 aliphatic heterocycles. The minimum atomic E-state index is -0.318. The molecule has 0 bridgehead atoms. The lowest BCUT2D eigenvalue weighted by molar-refractivity contribution is 0.0896. The van der Waals surface area contributed by atoms with Crippen LogP contribution in [0.2, 0.25) is 0 Å². The fourth-order valence-corrected chi connectivity index (χ4v) is 3.76. The van der Waals surface area contributed by atoms with E-state index in [1.54, 1.807) is 73.9 Å². The van der Waals surface area contributed by atoms with Crippen molar-refractivity contribution < 1.29 is 19.5 Å². The smallest absolute Gasteiger partial charge is 0.251 e. The van der Waals surface area contributed by atoms with E-state index in [0.29, 0.717) is 35.3 Å². The number of nitrogens with one attached hydrogen (secondary N) is 3. The van der Waals surface area contributed by atoms with Crippen LogP contribution in [0.25, 0.3) is 0 Å². The van der Waals surface area contributed by atoms with Gasteiger partial charge in [0.05, 0.1) is 17.6 Å². The van der Waals surface area contributed by atoms with Gasteiger partial charge < -0.3 is 21.1 Å². The number of nitrogens with zero attached hydrogens (tertiary/aromatic N) is 1. The highest BCUT2D eigenvalue weighted by Crippen LogP contribution is 2.24. The molecule has 0 aliphatic carbocycles.